The molecule has 0 aromatic carbocycles. The molecule has 0 unspecified atom stereocenters. The summed E-state index contributed by atoms with van der Waals surface area (Å²) in [5.74, 6) is 2.64. The molecule has 2 rings (SSSR count). The van der Waals surface area contributed by atoms with E-state index in [-0.39, 0.29) is 0 Å². The van der Waals surface area contributed by atoms with E-state index < -0.39 is 0 Å². The normalized spacial score (nSPS) is 10.5. The molecule has 0 saturated carbocycles. The lowest BCUT2D eigenvalue weighted by Gasteiger charge is -2.12. The highest BCUT2D eigenvalue weighted by Crippen LogP contribution is 2.18. The molecule has 0 fully saturated rings. The Labute approximate surface area is 101 Å². The monoisotopic (exact) mass is 231 g/mol. The summed E-state index contributed by atoms with van der Waals surface area (Å²) in [5, 5.41) is 3.11. The topological polar surface area (TPSA) is 55.6 Å². The zero-order chi connectivity index (χ0) is 12.3. The van der Waals surface area contributed by atoms with Gasteiger partial charge < -0.3 is 5.32 Å². The molecule has 0 spiro atoms. The highest BCUT2D eigenvalue weighted by atomic mass is 15.1. The van der Waals surface area contributed by atoms with Gasteiger partial charge >= 0.3 is 0 Å². The van der Waals surface area contributed by atoms with Gasteiger partial charge in [0.05, 0.1) is 0 Å². The molecule has 2 aromatic heterocycles. The SMILES string of the molecule is CCCc1nc(NC)c(C)c(-n2ccnc2)n1. The van der Waals surface area contributed by atoms with E-state index in [1.54, 1.807) is 12.5 Å². The van der Waals surface area contributed by atoms with Gasteiger partial charge in [-0.25, -0.2) is 15.0 Å². The third-order valence-electron chi connectivity index (χ3n) is 2.63. The third kappa shape index (κ3) is 2.27. The first-order valence-electron chi connectivity index (χ1n) is 5.79. The number of hydrogen-bond acceptors (Lipinski definition) is 4. The van der Waals surface area contributed by atoms with E-state index in [9.17, 15) is 0 Å². The summed E-state index contributed by atoms with van der Waals surface area (Å²) >= 11 is 0. The van der Waals surface area contributed by atoms with E-state index in [0.29, 0.717) is 0 Å². The van der Waals surface area contributed by atoms with E-state index in [4.69, 9.17) is 0 Å². The van der Waals surface area contributed by atoms with Crippen LogP contribution in [0.15, 0.2) is 18.7 Å². The fourth-order valence-electron chi connectivity index (χ4n) is 1.76. The predicted molar refractivity (Wildman–Crippen MR) is 67.4 cm³/mol. The van der Waals surface area contributed by atoms with Crippen molar-refractivity contribution in [1.29, 1.82) is 0 Å². The number of nitrogens with one attached hydrogen (secondary N) is 1. The molecule has 0 aliphatic heterocycles. The molecule has 17 heavy (non-hydrogen) atoms. The summed E-state index contributed by atoms with van der Waals surface area (Å²) in [6.07, 6.45) is 7.32. The van der Waals surface area contributed by atoms with E-state index in [1.165, 1.54) is 0 Å². The van der Waals surface area contributed by atoms with Gasteiger partial charge in [-0.1, -0.05) is 6.92 Å². The summed E-state index contributed by atoms with van der Waals surface area (Å²) < 4.78 is 1.91. The Morgan fingerprint density at radius 3 is 2.76 bits per heavy atom. The molecule has 1 N–H and O–H groups in total. The van der Waals surface area contributed by atoms with Gasteiger partial charge in [0.25, 0.3) is 0 Å². The summed E-state index contributed by atoms with van der Waals surface area (Å²) in [6.45, 7) is 4.13. The molecule has 0 bridgehead atoms. The Bertz CT molecular complexity index is 490. The molecular formula is C12H17N5. The summed E-state index contributed by atoms with van der Waals surface area (Å²) in [7, 11) is 1.88. The minimum atomic E-state index is 0.867. The Morgan fingerprint density at radius 2 is 2.18 bits per heavy atom. The number of aryl methyl sites for hydroxylation is 1. The Morgan fingerprint density at radius 1 is 1.35 bits per heavy atom. The van der Waals surface area contributed by atoms with Crippen LogP contribution in [0.3, 0.4) is 0 Å². The minimum absolute atomic E-state index is 0.867. The summed E-state index contributed by atoms with van der Waals surface area (Å²) in [6, 6.07) is 0. The first-order valence-corrected chi connectivity index (χ1v) is 5.79. The van der Waals surface area contributed by atoms with Crippen LogP contribution in [-0.2, 0) is 6.42 Å². The van der Waals surface area contributed by atoms with Crippen LogP contribution in [0.1, 0.15) is 24.7 Å². The second-order valence-corrected chi connectivity index (χ2v) is 3.91. The highest BCUT2D eigenvalue weighted by molar-refractivity contribution is 5.51. The van der Waals surface area contributed by atoms with Crippen LogP contribution in [0, 0.1) is 6.92 Å². The van der Waals surface area contributed by atoms with E-state index in [1.807, 2.05) is 24.7 Å². The van der Waals surface area contributed by atoms with Crippen molar-refractivity contribution in [2.45, 2.75) is 26.7 Å². The van der Waals surface area contributed by atoms with Gasteiger partial charge in [0, 0.05) is 31.4 Å². The first kappa shape index (κ1) is 11.6. The lowest BCUT2D eigenvalue weighted by atomic mass is 10.2. The standard InChI is InChI=1S/C12H17N5/c1-4-5-10-15-11(13-3)9(2)12(16-10)17-7-6-14-8-17/h6-8H,4-5H2,1-3H3,(H,13,15,16). The summed E-state index contributed by atoms with van der Waals surface area (Å²) in [5.41, 5.74) is 1.03. The number of aromatic nitrogens is 4. The lowest BCUT2D eigenvalue weighted by molar-refractivity contribution is 0.812. The van der Waals surface area contributed by atoms with Crippen LogP contribution < -0.4 is 5.32 Å². The molecule has 0 saturated heterocycles. The quantitative estimate of drug-likeness (QED) is 0.874. The maximum atomic E-state index is 4.58. The molecule has 0 radical (unpaired) electrons. The third-order valence-corrected chi connectivity index (χ3v) is 2.63. The lowest BCUT2D eigenvalue weighted by Crippen LogP contribution is -2.08. The molecule has 5 heteroatoms. The van der Waals surface area contributed by atoms with Gasteiger partial charge in [-0.15, -0.1) is 0 Å². The van der Waals surface area contributed by atoms with Crippen molar-refractivity contribution < 1.29 is 0 Å². The molecular weight excluding hydrogens is 214 g/mol. The Balaban J connectivity index is 2.53. The van der Waals surface area contributed by atoms with Gasteiger partial charge in [0.2, 0.25) is 0 Å². The predicted octanol–water partition coefficient (Wildman–Crippen LogP) is 1.96. The number of imidazole rings is 1. The molecule has 0 atom stereocenters. The number of nitrogens with zero attached hydrogens (tertiary/aromatic N) is 4. The fraction of sp³-hybridized carbons (Fsp3) is 0.417. The number of rotatable bonds is 4. The van der Waals surface area contributed by atoms with Crippen LogP contribution in [0.4, 0.5) is 5.82 Å². The van der Waals surface area contributed by atoms with E-state index in [2.05, 4.69) is 27.2 Å². The van der Waals surface area contributed by atoms with Gasteiger partial charge in [-0.2, -0.15) is 0 Å². The fourth-order valence-corrected chi connectivity index (χ4v) is 1.76. The second kappa shape index (κ2) is 4.95. The first-order chi connectivity index (χ1) is 8.26. The van der Waals surface area contributed by atoms with Crippen LogP contribution in [0.5, 0.6) is 0 Å². The average molecular weight is 231 g/mol. The number of anilines is 1. The van der Waals surface area contributed by atoms with Crippen LogP contribution in [0.25, 0.3) is 5.82 Å². The van der Waals surface area contributed by atoms with Crippen molar-refractivity contribution in [3.8, 4) is 5.82 Å². The molecule has 90 valence electrons. The van der Waals surface area contributed by atoms with Gasteiger partial charge in [-0.05, 0) is 13.3 Å². The van der Waals surface area contributed by atoms with Crippen molar-refractivity contribution in [3.05, 3.63) is 30.1 Å². The maximum Gasteiger partial charge on any atom is 0.146 e. The minimum Gasteiger partial charge on any atom is -0.373 e. The van der Waals surface area contributed by atoms with Crippen molar-refractivity contribution in [2.24, 2.45) is 0 Å². The van der Waals surface area contributed by atoms with E-state index in [0.717, 1.165) is 35.9 Å². The average Bonchev–Trinajstić information content (AvgIpc) is 2.85. The smallest absolute Gasteiger partial charge is 0.146 e. The van der Waals surface area contributed by atoms with E-state index >= 15 is 0 Å². The molecule has 0 aliphatic rings. The molecule has 0 amide bonds. The van der Waals surface area contributed by atoms with Crippen molar-refractivity contribution in [1.82, 2.24) is 19.5 Å². The summed E-state index contributed by atoms with van der Waals surface area (Å²) in [4.78, 5) is 13.1. The van der Waals surface area contributed by atoms with Crippen LogP contribution >= 0.6 is 0 Å². The molecule has 2 heterocycles. The molecule has 0 aliphatic carbocycles. The largest absolute Gasteiger partial charge is 0.373 e. The second-order valence-electron chi connectivity index (χ2n) is 3.91. The molecule has 2 aromatic rings. The van der Waals surface area contributed by atoms with Crippen molar-refractivity contribution in [2.75, 3.05) is 12.4 Å². The van der Waals surface area contributed by atoms with Gasteiger partial charge in [-0.3, -0.25) is 4.57 Å². The van der Waals surface area contributed by atoms with Crippen LogP contribution in [0.2, 0.25) is 0 Å². The zero-order valence-corrected chi connectivity index (χ0v) is 10.4. The Kier molecular flexibility index (Phi) is 3.37. The Hall–Kier alpha value is -1.91. The van der Waals surface area contributed by atoms with Gasteiger partial charge in [0.1, 0.15) is 23.8 Å². The number of hydrogen-bond donors (Lipinski definition) is 1. The van der Waals surface area contributed by atoms with Crippen LogP contribution in [-0.4, -0.2) is 26.6 Å². The van der Waals surface area contributed by atoms with Gasteiger partial charge in [0.15, 0.2) is 0 Å². The highest BCUT2D eigenvalue weighted by Gasteiger charge is 2.10. The van der Waals surface area contributed by atoms with Crippen molar-refractivity contribution >= 4 is 5.82 Å². The van der Waals surface area contributed by atoms with Crippen molar-refractivity contribution in [3.63, 3.8) is 0 Å². The zero-order valence-electron chi connectivity index (χ0n) is 10.4. The molecule has 5 nitrogen and oxygen atoms in total. The maximum absolute atomic E-state index is 4.58.